The van der Waals surface area contributed by atoms with E-state index in [-0.39, 0.29) is 5.41 Å². The fourth-order valence-electron chi connectivity index (χ4n) is 2.89. The fourth-order valence-corrected chi connectivity index (χ4v) is 2.89. The van der Waals surface area contributed by atoms with Crippen molar-refractivity contribution in [2.24, 2.45) is 4.99 Å². The molecule has 2 heteroatoms. The third-order valence-electron chi connectivity index (χ3n) is 4.18. The third kappa shape index (κ3) is 4.42. The van der Waals surface area contributed by atoms with Gasteiger partial charge in [0, 0.05) is 6.20 Å². The average Bonchev–Trinajstić information content (AvgIpc) is 2.61. The van der Waals surface area contributed by atoms with Gasteiger partial charge in [-0.25, -0.2) is 0 Å². The summed E-state index contributed by atoms with van der Waals surface area (Å²) in [6.07, 6.45) is 4.53. The van der Waals surface area contributed by atoms with E-state index in [1.807, 2.05) is 24.4 Å². The zero-order valence-corrected chi connectivity index (χ0v) is 15.1. The molecule has 0 N–H and O–H groups in total. The van der Waals surface area contributed by atoms with Gasteiger partial charge in [-0.15, -0.1) is 0 Å². The molecule has 0 unspecified atom stereocenters. The van der Waals surface area contributed by atoms with Gasteiger partial charge < -0.3 is 0 Å². The van der Waals surface area contributed by atoms with Crippen LogP contribution in [-0.4, -0.2) is 11.2 Å². The summed E-state index contributed by atoms with van der Waals surface area (Å²) < 4.78 is 0. The summed E-state index contributed by atoms with van der Waals surface area (Å²) in [6.45, 7) is 6.69. The van der Waals surface area contributed by atoms with Gasteiger partial charge in [-0.2, -0.15) is 0 Å². The highest BCUT2D eigenvalue weighted by atomic mass is 14.8. The molecule has 0 fully saturated rings. The molecule has 126 valence electrons. The highest BCUT2D eigenvalue weighted by Gasteiger charge is 2.19. The van der Waals surface area contributed by atoms with Gasteiger partial charge in [0.1, 0.15) is 0 Å². The van der Waals surface area contributed by atoms with Crippen LogP contribution in [0.4, 0.5) is 5.69 Å². The number of hydrogen-bond acceptors (Lipinski definition) is 2. The standard InChI is InChI=1S/C23H24N2/c1-23(2,3)21-14-9-12-19(16-18-10-5-4-6-11-18)22(21)25-17-20-13-7-8-15-24-20/h4-15,17H,16H2,1-3H3. The molecule has 1 heterocycles. The van der Waals surface area contributed by atoms with Crippen molar-refractivity contribution in [1.29, 1.82) is 0 Å². The predicted octanol–water partition coefficient (Wildman–Crippen LogP) is 5.72. The quantitative estimate of drug-likeness (QED) is 0.562. The summed E-state index contributed by atoms with van der Waals surface area (Å²) in [7, 11) is 0. The summed E-state index contributed by atoms with van der Waals surface area (Å²) in [5, 5.41) is 0. The second-order valence-electron chi connectivity index (χ2n) is 7.24. The van der Waals surface area contributed by atoms with Crippen LogP contribution in [0.5, 0.6) is 0 Å². The second kappa shape index (κ2) is 7.43. The van der Waals surface area contributed by atoms with Crippen LogP contribution in [0.15, 0.2) is 77.9 Å². The molecule has 0 aliphatic rings. The minimum Gasteiger partial charge on any atom is -0.255 e. The van der Waals surface area contributed by atoms with Gasteiger partial charge in [-0.1, -0.05) is 75.4 Å². The maximum absolute atomic E-state index is 4.85. The molecular weight excluding hydrogens is 304 g/mol. The Hall–Kier alpha value is -2.74. The molecular formula is C23H24N2. The average molecular weight is 328 g/mol. The minimum absolute atomic E-state index is 0.0312. The molecule has 3 aromatic rings. The molecule has 0 aliphatic heterocycles. The number of benzene rings is 2. The van der Waals surface area contributed by atoms with Crippen LogP contribution >= 0.6 is 0 Å². The van der Waals surface area contributed by atoms with E-state index in [4.69, 9.17) is 4.99 Å². The summed E-state index contributed by atoms with van der Waals surface area (Å²) in [5.41, 5.74) is 5.76. The molecule has 25 heavy (non-hydrogen) atoms. The van der Waals surface area contributed by atoms with Crippen LogP contribution in [-0.2, 0) is 11.8 Å². The predicted molar refractivity (Wildman–Crippen MR) is 106 cm³/mol. The topological polar surface area (TPSA) is 25.2 Å². The summed E-state index contributed by atoms with van der Waals surface area (Å²) in [6, 6.07) is 22.9. The molecule has 0 saturated heterocycles. The molecule has 0 saturated carbocycles. The van der Waals surface area contributed by atoms with Crippen LogP contribution in [0.1, 0.15) is 43.2 Å². The van der Waals surface area contributed by atoms with Crippen molar-refractivity contribution in [2.45, 2.75) is 32.6 Å². The molecule has 0 amide bonds. The van der Waals surface area contributed by atoms with Gasteiger partial charge in [0.25, 0.3) is 0 Å². The molecule has 2 nitrogen and oxygen atoms in total. The Labute approximate surface area is 150 Å². The first kappa shape index (κ1) is 17.1. The van der Waals surface area contributed by atoms with Crippen LogP contribution in [0.25, 0.3) is 0 Å². The molecule has 0 bridgehead atoms. The van der Waals surface area contributed by atoms with E-state index in [0.717, 1.165) is 17.8 Å². The molecule has 3 rings (SSSR count). The SMILES string of the molecule is CC(C)(C)c1cccc(Cc2ccccc2)c1N=Cc1ccccn1. The van der Waals surface area contributed by atoms with Crippen LogP contribution in [0.2, 0.25) is 0 Å². The Kier molecular flexibility index (Phi) is 5.08. The lowest BCUT2D eigenvalue weighted by atomic mass is 9.84. The van der Waals surface area contributed by atoms with E-state index in [1.165, 1.54) is 16.7 Å². The largest absolute Gasteiger partial charge is 0.255 e. The van der Waals surface area contributed by atoms with Gasteiger partial charge in [0.15, 0.2) is 0 Å². The highest BCUT2D eigenvalue weighted by molar-refractivity contribution is 5.80. The lowest BCUT2D eigenvalue weighted by molar-refractivity contribution is 0.591. The van der Waals surface area contributed by atoms with Gasteiger partial charge in [0.05, 0.1) is 17.6 Å². The van der Waals surface area contributed by atoms with Crippen LogP contribution < -0.4 is 0 Å². The zero-order valence-electron chi connectivity index (χ0n) is 15.1. The van der Waals surface area contributed by atoms with Crippen molar-refractivity contribution < 1.29 is 0 Å². The van der Waals surface area contributed by atoms with E-state index in [1.54, 1.807) is 6.20 Å². The smallest absolute Gasteiger partial charge is 0.0812 e. The maximum Gasteiger partial charge on any atom is 0.0812 e. The molecule has 0 atom stereocenters. The van der Waals surface area contributed by atoms with Crippen molar-refractivity contribution in [3.8, 4) is 0 Å². The zero-order chi connectivity index (χ0) is 17.7. The molecule has 1 aromatic heterocycles. The monoisotopic (exact) mass is 328 g/mol. The number of rotatable bonds is 4. The van der Waals surface area contributed by atoms with Gasteiger partial charge in [0.2, 0.25) is 0 Å². The number of para-hydroxylation sites is 1. The Bertz CT molecular complexity index is 844. The third-order valence-corrected chi connectivity index (χ3v) is 4.18. The maximum atomic E-state index is 4.85. The number of hydrogen-bond donors (Lipinski definition) is 0. The van der Waals surface area contributed by atoms with Crippen LogP contribution in [0.3, 0.4) is 0 Å². The highest BCUT2D eigenvalue weighted by Crippen LogP contribution is 2.35. The number of pyridine rings is 1. The molecule has 0 spiro atoms. The summed E-state index contributed by atoms with van der Waals surface area (Å²) in [5.74, 6) is 0. The van der Waals surface area contributed by atoms with Gasteiger partial charge in [-0.3, -0.25) is 9.98 Å². The van der Waals surface area contributed by atoms with Crippen molar-refractivity contribution in [3.05, 3.63) is 95.3 Å². The first-order valence-corrected chi connectivity index (χ1v) is 8.65. The van der Waals surface area contributed by atoms with E-state index >= 15 is 0 Å². The molecule has 0 aliphatic carbocycles. The Morgan fingerprint density at radius 2 is 1.64 bits per heavy atom. The second-order valence-corrected chi connectivity index (χ2v) is 7.24. The Morgan fingerprint density at radius 3 is 2.32 bits per heavy atom. The van der Waals surface area contributed by atoms with Gasteiger partial charge in [-0.05, 0) is 40.7 Å². The van der Waals surface area contributed by atoms with E-state index < -0.39 is 0 Å². The fraction of sp³-hybridized carbons (Fsp3) is 0.217. The number of aromatic nitrogens is 1. The van der Waals surface area contributed by atoms with Crippen LogP contribution in [0, 0.1) is 0 Å². The van der Waals surface area contributed by atoms with Crippen molar-refractivity contribution in [3.63, 3.8) is 0 Å². The lowest BCUT2D eigenvalue weighted by Gasteiger charge is -2.23. The van der Waals surface area contributed by atoms with E-state index in [2.05, 4.69) is 74.3 Å². The number of nitrogens with zero attached hydrogens (tertiary/aromatic N) is 2. The minimum atomic E-state index is 0.0312. The molecule has 2 aromatic carbocycles. The number of aliphatic imine (C=N–C) groups is 1. The molecule has 0 radical (unpaired) electrons. The van der Waals surface area contributed by atoms with E-state index in [0.29, 0.717) is 0 Å². The first-order chi connectivity index (χ1) is 12.0. The first-order valence-electron chi connectivity index (χ1n) is 8.65. The summed E-state index contributed by atoms with van der Waals surface area (Å²) >= 11 is 0. The van der Waals surface area contributed by atoms with Crippen molar-refractivity contribution in [2.75, 3.05) is 0 Å². The van der Waals surface area contributed by atoms with Crippen molar-refractivity contribution >= 4 is 11.9 Å². The lowest BCUT2D eigenvalue weighted by Crippen LogP contribution is -2.12. The normalized spacial score (nSPS) is 11.8. The van der Waals surface area contributed by atoms with Gasteiger partial charge >= 0.3 is 0 Å². The summed E-state index contributed by atoms with van der Waals surface area (Å²) in [4.78, 5) is 9.20. The van der Waals surface area contributed by atoms with E-state index in [9.17, 15) is 0 Å². The Balaban J connectivity index is 2.04. The Morgan fingerprint density at radius 1 is 0.880 bits per heavy atom. The van der Waals surface area contributed by atoms with Crippen molar-refractivity contribution in [1.82, 2.24) is 4.98 Å².